The minimum Gasteiger partial charge on any atom is -0.350 e. The minimum atomic E-state index is -0.159. The number of nitrogens with zero attached hydrogens (tertiary/aromatic N) is 2. The summed E-state index contributed by atoms with van der Waals surface area (Å²) in [6.45, 7) is 1.45. The van der Waals surface area contributed by atoms with Crippen LogP contribution in [0.3, 0.4) is 0 Å². The Hall–Kier alpha value is -3.19. The summed E-state index contributed by atoms with van der Waals surface area (Å²) in [4.78, 5) is 28.2. The van der Waals surface area contributed by atoms with Gasteiger partial charge >= 0.3 is 0 Å². The predicted octanol–water partition coefficient (Wildman–Crippen LogP) is 4.00. The van der Waals surface area contributed by atoms with E-state index in [1.165, 1.54) is 18.3 Å². The summed E-state index contributed by atoms with van der Waals surface area (Å²) in [6, 6.07) is 13.3. The zero-order chi connectivity index (χ0) is 18.3. The van der Waals surface area contributed by atoms with Gasteiger partial charge in [-0.25, -0.2) is 4.98 Å². The van der Waals surface area contributed by atoms with Crippen LogP contribution in [0.15, 0.2) is 48.7 Å². The fraction of sp³-hybridized carbons (Fsp3) is 0.105. The van der Waals surface area contributed by atoms with Gasteiger partial charge < -0.3 is 15.2 Å². The number of hydrogen-bond acceptors (Lipinski definition) is 4. The Morgan fingerprint density at radius 3 is 2.73 bits per heavy atom. The molecule has 130 valence electrons. The molecule has 0 aliphatic rings. The number of rotatable bonds is 3. The molecule has 0 aliphatic carbocycles. The fourth-order valence-corrected chi connectivity index (χ4v) is 3.88. The van der Waals surface area contributed by atoms with E-state index in [9.17, 15) is 9.59 Å². The second kappa shape index (κ2) is 6.27. The van der Waals surface area contributed by atoms with E-state index in [2.05, 4.69) is 15.6 Å². The number of thiazole rings is 1. The highest BCUT2D eigenvalue weighted by Crippen LogP contribution is 2.29. The molecule has 2 amide bonds. The molecule has 2 heterocycles. The van der Waals surface area contributed by atoms with Crippen molar-refractivity contribution < 1.29 is 9.59 Å². The number of benzene rings is 2. The molecule has 6 nitrogen and oxygen atoms in total. The van der Waals surface area contributed by atoms with Crippen LogP contribution >= 0.6 is 11.3 Å². The molecule has 2 aromatic carbocycles. The Morgan fingerprint density at radius 1 is 1.12 bits per heavy atom. The maximum Gasteiger partial charge on any atom is 0.257 e. The third-order valence-corrected chi connectivity index (χ3v) is 5.00. The van der Waals surface area contributed by atoms with Crippen LogP contribution in [0.2, 0.25) is 0 Å². The van der Waals surface area contributed by atoms with Gasteiger partial charge in [-0.05, 0) is 24.3 Å². The van der Waals surface area contributed by atoms with E-state index < -0.39 is 0 Å². The van der Waals surface area contributed by atoms with Crippen molar-refractivity contribution in [2.75, 3.05) is 10.6 Å². The highest BCUT2D eigenvalue weighted by atomic mass is 32.1. The van der Waals surface area contributed by atoms with Gasteiger partial charge in [-0.15, -0.1) is 0 Å². The molecule has 2 aromatic heterocycles. The molecule has 26 heavy (non-hydrogen) atoms. The molecule has 0 unspecified atom stereocenters. The third-order valence-electron chi connectivity index (χ3n) is 4.07. The molecule has 2 N–H and O–H groups in total. The average molecular weight is 364 g/mol. The van der Waals surface area contributed by atoms with Crippen LogP contribution in [0.5, 0.6) is 0 Å². The quantitative estimate of drug-likeness (QED) is 0.577. The maximum atomic E-state index is 12.7. The molecule has 4 rings (SSSR count). The average Bonchev–Trinajstić information content (AvgIpc) is 3.15. The van der Waals surface area contributed by atoms with Gasteiger partial charge in [-0.2, -0.15) is 0 Å². The SMILES string of the molecule is CC(=O)Nc1nc2ccc(NC(=O)c3cn(C)c4ccccc34)cc2s1. The summed E-state index contributed by atoms with van der Waals surface area (Å²) in [5, 5.41) is 7.09. The van der Waals surface area contributed by atoms with Crippen LogP contribution < -0.4 is 10.6 Å². The van der Waals surface area contributed by atoms with Crippen molar-refractivity contribution in [2.45, 2.75) is 6.92 Å². The number of carbonyl (C=O) groups is 2. The van der Waals surface area contributed by atoms with E-state index in [1.807, 2.05) is 60.3 Å². The molecule has 0 spiro atoms. The lowest BCUT2D eigenvalue weighted by molar-refractivity contribution is -0.114. The summed E-state index contributed by atoms with van der Waals surface area (Å²) in [7, 11) is 1.92. The number of aryl methyl sites for hydroxylation is 1. The van der Waals surface area contributed by atoms with Crippen molar-refractivity contribution in [3.63, 3.8) is 0 Å². The molecule has 4 aromatic rings. The summed E-state index contributed by atoms with van der Waals surface area (Å²) in [6.07, 6.45) is 1.83. The van der Waals surface area contributed by atoms with E-state index >= 15 is 0 Å². The number of para-hydroxylation sites is 1. The summed E-state index contributed by atoms with van der Waals surface area (Å²) in [5.41, 5.74) is 3.11. The topological polar surface area (TPSA) is 76.0 Å². The van der Waals surface area contributed by atoms with Gasteiger partial charge in [0.2, 0.25) is 5.91 Å². The number of carbonyl (C=O) groups excluding carboxylic acids is 2. The van der Waals surface area contributed by atoms with Gasteiger partial charge in [0.05, 0.1) is 15.8 Å². The maximum absolute atomic E-state index is 12.7. The summed E-state index contributed by atoms with van der Waals surface area (Å²) in [5.74, 6) is -0.318. The van der Waals surface area contributed by atoms with Crippen molar-refractivity contribution in [2.24, 2.45) is 7.05 Å². The summed E-state index contributed by atoms with van der Waals surface area (Å²) < 4.78 is 2.83. The van der Waals surface area contributed by atoms with Crippen LogP contribution in [-0.2, 0) is 11.8 Å². The second-order valence-electron chi connectivity index (χ2n) is 6.01. The molecule has 0 bridgehead atoms. The molecule has 0 atom stereocenters. The first-order valence-corrected chi connectivity index (χ1v) is 8.86. The molecule has 0 fully saturated rings. The van der Waals surface area contributed by atoms with Crippen molar-refractivity contribution >= 4 is 55.1 Å². The third kappa shape index (κ3) is 2.93. The largest absolute Gasteiger partial charge is 0.350 e. The van der Waals surface area contributed by atoms with Crippen LogP contribution in [0.25, 0.3) is 21.1 Å². The van der Waals surface area contributed by atoms with Gasteiger partial charge in [0, 0.05) is 36.8 Å². The number of aromatic nitrogens is 2. The Kier molecular flexibility index (Phi) is 3.93. The Bertz CT molecular complexity index is 1160. The lowest BCUT2D eigenvalue weighted by atomic mass is 10.1. The van der Waals surface area contributed by atoms with Gasteiger partial charge in [0.1, 0.15) is 0 Å². The highest BCUT2D eigenvalue weighted by molar-refractivity contribution is 7.22. The second-order valence-corrected chi connectivity index (χ2v) is 7.04. The standard InChI is InChI=1S/C19H16N4O2S/c1-11(24)20-19-22-15-8-7-12(9-17(15)26-19)21-18(25)14-10-23(2)16-6-4-3-5-13(14)16/h3-10H,1-2H3,(H,21,25)(H,20,22,24). The molecule has 0 aliphatic heterocycles. The number of amides is 2. The van der Waals surface area contributed by atoms with E-state index in [0.29, 0.717) is 16.4 Å². The Morgan fingerprint density at radius 2 is 1.92 bits per heavy atom. The van der Waals surface area contributed by atoms with Gasteiger partial charge in [-0.1, -0.05) is 29.5 Å². The number of anilines is 2. The fourth-order valence-electron chi connectivity index (χ4n) is 2.93. The monoisotopic (exact) mass is 364 g/mol. The van der Waals surface area contributed by atoms with E-state index in [0.717, 1.165) is 21.1 Å². The lowest BCUT2D eigenvalue weighted by Crippen LogP contribution is -2.11. The van der Waals surface area contributed by atoms with Crippen molar-refractivity contribution in [1.29, 1.82) is 0 Å². The highest BCUT2D eigenvalue weighted by Gasteiger charge is 2.14. The van der Waals surface area contributed by atoms with Crippen molar-refractivity contribution in [3.05, 3.63) is 54.2 Å². The first kappa shape index (κ1) is 16.3. The van der Waals surface area contributed by atoms with Gasteiger partial charge in [0.25, 0.3) is 5.91 Å². The van der Waals surface area contributed by atoms with Crippen molar-refractivity contribution in [3.8, 4) is 0 Å². The van der Waals surface area contributed by atoms with Crippen LogP contribution in [0, 0.1) is 0 Å². The first-order chi connectivity index (χ1) is 12.5. The number of fused-ring (bicyclic) bond motifs is 2. The van der Waals surface area contributed by atoms with Crippen LogP contribution in [0.4, 0.5) is 10.8 Å². The predicted molar refractivity (Wildman–Crippen MR) is 105 cm³/mol. The number of nitrogens with one attached hydrogen (secondary N) is 2. The normalized spacial score (nSPS) is 11.0. The van der Waals surface area contributed by atoms with E-state index in [-0.39, 0.29) is 11.8 Å². The van der Waals surface area contributed by atoms with Gasteiger partial charge in [0.15, 0.2) is 5.13 Å². The van der Waals surface area contributed by atoms with Crippen LogP contribution in [0.1, 0.15) is 17.3 Å². The molecule has 7 heteroatoms. The van der Waals surface area contributed by atoms with Gasteiger partial charge in [-0.3, -0.25) is 9.59 Å². The first-order valence-electron chi connectivity index (χ1n) is 8.05. The molecule has 0 saturated heterocycles. The molecular formula is C19H16N4O2S. The van der Waals surface area contributed by atoms with Crippen LogP contribution in [-0.4, -0.2) is 21.4 Å². The Labute approximate surface area is 153 Å². The number of hydrogen-bond donors (Lipinski definition) is 2. The lowest BCUT2D eigenvalue weighted by Gasteiger charge is -2.04. The van der Waals surface area contributed by atoms with E-state index in [1.54, 1.807) is 0 Å². The Balaban J connectivity index is 1.63. The minimum absolute atomic E-state index is 0.159. The van der Waals surface area contributed by atoms with E-state index in [4.69, 9.17) is 0 Å². The zero-order valence-corrected chi connectivity index (χ0v) is 15.1. The zero-order valence-electron chi connectivity index (χ0n) is 14.2. The molecule has 0 radical (unpaired) electrons. The molecular weight excluding hydrogens is 348 g/mol. The smallest absolute Gasteiger partial charge is 0.257 e. The van der Waals surface area contributed by atoms with Crippen molar-refractivity contribution in [1.82, 2.24) is 9.55 Å². The summed E-state index contributed by atoms with van der Waals surface area (Å²) >= 11 is 1.37. The molecule has 0 saturated carbocycles.